The number of hydrogen-bond donors (Lipinski definition) is 1. The van der Waals surface area contributed by atoms with Crippen molar-refractivity contribution in [3.63, 3.8) is 0 Å². The Hall–Kier alpha value is -2.55. The maximum atomic E-state index is 12.4. The smallest absolute Gasteiger partial charge is 0.323 e. The monoisotopic (exact) mass is 361 g/mol. The lowest BCUT2D eigenvalue weighted by atomic mass is 9.98. The number of nitrogens with one attached hydrogen (secondary N) is 1. The molecule has 9 heteroatoms. The van der Waals surface area contributed by atoms with Crippen molar-refractivity contribution < 1.29 is 14.3 Å². The molecule has 1 fully saturated rings. The Morgan fingerprint density at radius 1 is 1.40 bits per heavy atom. The summed E-state index contributed by atoms with van der Waals surface area (Å²) in [5.74, 6) is -0.508. The van der Waals surface area contributed by atoms with Gasteiger partial charge in [-0.2, -0.15) is 0 Å². The molecule has 132 valence electrons. The molecule has 0 aliphatic carbocycles. The second-order valence-corrected chi connectivity index (χ2v) is 6.57. The molecule has 0 saturated carbocycles. The Balaban J connectivity index is 1.60. The van der Waals surface area contributed by atoms with Gasteiger partial charge in [0.15, 0.2) is 5.01 Å². The minimum atomic E-state index is -0.280. The summed E-state index contributed by atoms with van der Waals surface area (Å²) in [6, 6.07) is 5.24. The van der Waals surface area contributed by atoms with Crippen LogP contribution in [0, 0.1) is 5.92 Å². The zero-order chi connectivity index (χ0) is 17.6. The largest absolute Gasteiger partial charge is 0.466 e. The summed E-state index contributed by atoms with van der Waals surface area (Å²) in [4.78, 5) is 30.1. The molecule has 1 aliphatic heterocycles. The first-order valence-electron chi connectivity index (χ1n) is 8.15. The highest BCUT2D eigenvalue weighted by Crippen LogP contribution is 2.25. The molecule has 2 aromatic rings. The fourth-order valence-corrected chi connectivity index (χ4v) is 3.36. The van der Waals surface area contributed by atoms with Crippen molar-refractivity contribution >= 4 is 28.5 Å². The van der Waals surface area contributed by atoms with Gasteiger partial charge in [-0.05, 0) is 31.9 Å². The van der Waals surface area contributed by atoms with Crippen LogP contribution in [0.4, 0.5) is 9.93 Å². The van der Waals surface area contributed by atoms with Crippen LogP contribution in [0.25, 0.3) is 10.7 Å². The summed E-state index contributed by atoms with van der Waals surface area (Å²) in [5, 5.41) is 11.8. The van der Waals surface area contributed by atoms with Gasteiger partial charge < -0.3 is 9.64 Å². The number of urea groups is 1. The number of esters is 1. The molecule has 0 bridgehead atoms. The van der Waals surface area contributed by atoms with E-state index in [0.29, 0.717) is 35.5 Å². The highest BCUT2D eigenvalue weighted by Gasteiger charge is 2.29. The van der Waals surface area contributed by atoms with E-state index in [0.717, 1.165) is 12.8 Å². The van der Waals surface area contributed by atoms with Crippen LogP contribution in [0.3, 0.4) is 0 Å². The van der Waals surface area contributed by atoms with Gasteiger partial charge in [0.25, 0.3) is 0 Å². The standard InChI is InChI=1S/C16H19N5O3S/c1-2-24-14(22)11-6-5-9-21(10-11)16(23)18-15-20-19-13(25-15)12-7-3-4-8-17-12/h3-4,7-8,11H,2,5-6,9-10H2,1H3,(H,18,20,23)/t11-/m0/s1. The number of rotatable bonds is 4. The number of pyridine rings is 1. The molecule has 1 saturated heterocycles. The summed E-state index contributed by atoms with van der Waals surface area (Å²) < 4.78 is 5.06. The van der Waals surface area contributed by atoms with Gasteiger partial charge in [-0.1, -0.05) is 17.4 Å². The lowest BCUT2D eigenvalue weighted by Gasteiger charge is -2.31. The van der Waals surface area contributed by atoms with Gasteiger partial charge >= 0.3 is 12.0 Å². The average Bonchev–Trinajstić information content (AvgIpc) is 3.11. The molecule has 3 heterocycles. The van der Waals surface area contributed by atoms with Gasteiger partial charge in [-0.15, -0.1) is 10.2 Å². The van der Waals surface area contributed by atoms with Gasteiger partial charge in [0.05, 0.1) is 12.5 Å². The van der Waals surface area contributed by atoms with Crippen molar-refractivity contribution in [2.24, 2.45) is 5.92 Å². The zero-order valence-corrected chi connectivity index (χ0v) is 14.7. The maximum absolute atomic E-state index is 12.4. The lowest BCUT2D eigenvalue weighted by molar-refractivity contribution is -0.149. The quantitative estimate of drug-likeness (QED) is 0.840. The van der Waals surface area contributed by atoms with E-state index >= 15 is 0 Å². The zero-order valence-electron chi connectivity index (χ0n) is 13.8. The molecule has 0 radical (unpaired) electrons. The molecule has 2 amide bonds. The third kappa shape index (κ3) is 4.30. The summed E-state index contributed by atoms with van der Waals surface area (Å²) in [5.41, 5.74) is 0.709. The van der Waals surface area contributed by atoms with Crippen molar-refractivity contribution in [3.8, 4) is 10.7 Å². The van der Waals surface area contributed by atoms with Gasteiger partial charge in [-0.3, -0.25) is 15.1 Å². The number of piperidine rings is 1. The molecule has 3 rings (SSSR count). The summed E-state index contributed by atoms with van der Waals surface area (Å²) >= 11 is 1.26. The van der Waals surface area contributed by atoms with Gasteiger partial charge in [0.1, 0.15) is 5.69 Å². The van der Waals surface area contributed by atoms with Crippen LogP contribution in [0.15, 0.2) is 24.4 Å². The SMILES string of the molecule is CCOC(=O)[C@H]1CCCN(C(=O)Nc2nnc(-c3ccccn3)s2)C1. The van der Waals surface area contributed by atoms with E-state index < -0.39 is 0 Å². The van der Waals surface area contributed by atoms with Crippen LogP contribution in [-0.4, -0.2) is 51.8 Å². The average molecular weight is 361 g/mol. The molecule has 1 atom stereocenters. The summed E-state index contributed by atoms with van der Waals surface area (Å²) in [6.45, 7) is 3.09. The first-order chi connectivity index (χ1) is 12.2. The Kier molecular flexibility index (Phi) is 5.54. The fourth-order valence-electron chi connectivity index (χ4n) is 2.65. The van der Waals surface area contributed by atoms with Gasteiger partial charge in [0.2, 0.25) is 5.13 Å². The molecule has 0 spiro atoms. The molecule has 1 aliphatic rings. The molecular formula is C16H19N5O3S. The van der Waals surface area contributed by atoms with Crippen molar-refractivity contribution in [1.82, 2.24) is 20.1 Å². The summed E-state index contributed by atoms with van der Waals surface area (Å²) in [7, 11) is 0. The lowest BCUT2D eigenvalue weighted by Crippen LogP contribution is -2.44. The third-order valence-electron chi connectivity index (χ3n) is 3.85. The Bertz CT molecular complexity index is 736. The number of amides is 2. The third-order valence-corrected chi connectivity index (χ3v) is 4.71. The first-order valence-corrected chi connectivity index (χ1v) is 8.96. The first kappa shape index (κ1) is 17.3. The van der Waals surface area contributed by atoms with Crippen LogP contribution in [-0.2, 0) is 9.53 Å². The van der Waals surface area contributed by atoms with E-state index in [9.17, 15) is 9.59 Å². The number of anilines is 1. The van der Waals surface area contributed by atoms with Gasteiger partial charge in [0, 0.05) is 19.3 Å². The molecule has 0 aromatic carbocycles. The topological polar surface area (TPSA) is 97.3 Å². The fraction of sp³-hybridized carbons (Fsp3) is 0.438. The predicted octanol–water partition coefficient (Wildman–Crippen LogP) is 2.41. The van der Waals surface area contributed by atoms with Crippen LogP contribution in [0.2, 0.25) is 0 Å². The van der Waals surface area contributed by atoms with Gasteiger partial charge in [-0.25, -0.2) is 4.79 Å². The normalized spacial score (nSPS) is 17.2. The molecule has 1 N–H and O–H groups in total. The predicted molar refractivity (Wildman–Crippen MR) is 93.1 cm³/mol. The second kappa shape index (κ2) is 8.02. The molecule has 0 unspecified atom stereocenters. The summed E-state index contributed by atoms with van der Waals surface area (Å²) in [6.07, 6.45) is 3.19. The number of likely N-dealkylation sites (tertiary alicyclic amines) is 1. The number of nitrogens with zero attached hydrogens (tertiary/aromatic N) is 4. The van der Waals surface area contributed by atoms with E-state index in [1.54, 1.807) is 18.0 Å². The molecule has 8 nitrogen and oxygen atoms in total. The van der Waals surface area contributed by atoms with E-state index in [4.69, 9.17) is 4.74 Å². The maximum Gasteiger partial charge on any atom is 0.323 e. The second-order valence-electron chi connectivity index (χ2n) is 5.59. The van der Waals surface area contributed by atoms with Crippen molar-refractivity contribution in [3.05, 3.63) is 24.4 Å². The van der Waals surface area contributed by atoms with E-state index in [2.05, 4.69) is 20.5 Å². The Morgan fingerprint density at radius 2 is 2.28 bits per heavy atom. The Labute approximate surface area is 149 Å². The number of aromatic nitrogens is 3. The molecule has 25 heavy (non-hydrogen) atoms. The van der Waals surface area contributed by atoms with Crippen LogP contribution in [0.5, 0.6) is 0 Å². The van der Waals surface area contributed by atoms with Crippen LogP contribution in [0.1, 0.15) is 19.8 Å². The Morgan fingerprint density at radius 3 is 3.04 bits per heavy atom. The highest BCUT2D eigenvalue weighted by atomic mass is 32.1. The van der Waals surface area contributed by atoms with E-state index in [1.807, 2.05) is 18.2 Å². The van der Waals surface area contributed by atoms with Crippen molar-refractivity contribution in [2.45, 2.75) is 19.8 Å². The number of carbonyl (C=O) groups is 2. The van der Waals surface area contributed by atoms with Crippen molar-refractivity contribution in [1.29, 1.82) is 0 Å². The minimum Gasteiger partial charge on any atom is -0.466 e. The minimum absolute atomic E-state index is 0.242. The van der Waals surface area contributed by atoms with E-state index in [-0.39, 0.29) is 17.9 Å². The van der Waals surface area contributed by atoms with Crippen molar-refractivity contribution in [2.75, 3.05) is 25.0 Å². The van der Waals surface area contributed by atoms with Crippen LogP contribution < -0.4 is 5.32 Å². The number of ether oxygens (including phenoxy) is 1. The van der Waals surface area contributed by atoms with Crippen LogP contribution >= 0.6 is 11.3 Å². The number of carbonyl (C=O) groups excluding carboxylic acids is 2. The molecular weight excluding hydrogens is 342 g/mol. The molecule has 2 aromatic heterocycles. The van der Waals surface area contributed by atoms with E-state index in [1.165, 1.54) is 11.3 Å². The highest BCUT2D eigenvalue weighted by molar-refractivity contribution is 7.18. The number of hydrogen-bond acceptors (Lipinski definition) is 7.